The molecule has 0 fully saturated rings. The second-order valence-electron chi connectivity index (χ2n) is 4.16. The Kier molecular flexibility index (Phi) is 4.50. The van der Waals surface area contributed by atoms with Crippen LogP contribution in [0.15, 0.2) is 24.4 Å². The van der Waals surface area contributed by atoms with Crippen LogP contribution in [0.5, 0.6) is 5.75 Å². The van der Waals surface area contributed by atoms with Crippen molar-refractivity contribution in [3.8, 4) is 16.3 Å². The van der Waals surface area contributed by atoms with Gasteiger partial charge in [0.25, 0.3) is 0 Å². The van der Waals surface area contributed by atoms with Crippen LogP contribution in [0.25, 0.3) is 10.6 Å². The fraction of sp³-hybridized carbons (Fsp3) is 0.357. The van der Waals surface area contributed by atoms with E-state index in [9.17, 15) is 4.39 Å². The van der Waals surface area contributed by atoms with E-state index < -0.39 is 0 Å². The molecule has 1 atom stereocenters. The van der Waals surface area contributed by atoms with Gasteiger partial charge in [-0.05, 0) is 25.6 Å². The number of methoxy groups -OCH3 is 1. The molecule has 19 heavy (non-hydrogen) atoms. The van der Waals surface area contributed by atoms with Gasteiger partial charge in [-0.15, -0.1) is 11.3 Å². The van der Waals surface area contributed by atoms with Gasteiger partial charge in [0, 0.05) is 17.1 Å². The van der Waals surface area contributed by atoms with E-state index in [1.807, 2.05) is 0 Å². The topological polar surface area (TPSA) is 34.2 Å². The van der Waals surface area contributed by atoms with Crippen LogP contribution < -0.4 is 10.1 Å². The number of rotatable bonds is 5. The molecule has 0 aliphatic carbocycles. The van der Waals surface area contributed by atoms with Gasteiger partial charge in [-0.1, -0.05) is 13.0 Å². The third kappa shape index (κ3) is 2.93. The van der Waals surface area contributed by atoms with E-state index in [0.29, 0.717) is 16.3 Å². The molecule has 2 aromatic rings. The summed E-state index contributed by atoms with van der Waals surface area (Å²) in [6, 6.07) is 5.02. The van der Waals surface area contributed by atoms with E-state index in [2.05, 4.69) is 24.1 Å². The zero-order valence-corrected chi connectivity index (χ0v) is 12.1. The Hall–Kier alpha value is -1.46. The minimum absolute atomic E-state index is 0.217. The zero-order valence-electron chi connectivity index (χ0n) is 11.2. The molecule has 0 aliphatic heterocycles. The fourth-order valence-corrected chi connectivity index (χ4v) is 2.89. The normalized spacial score (nSPS) is 12.4. The van der Waals surface area contributed by atoms with E-state index in [0.717, 1.165) is 11.4 Å². The Bertz CT molecular complexity index is 556. The van der Waals surface area contributed by atoms with Crippen molar-refractivity contribution in [1.82, 2.24) is 10.3 Å². The van der Waals surface area contributed by atoms with E-state index >= 15 is 0 Å². The number of hydrogen-bond donors (Lipinski definition) is 1. The lowest BCUT2D eigenvalue weighted by atomic mass is 10.2. The quantitative estimate of drug-likeness (QED) is 0.908. The van der Waals surface area contributed by atoms with Crippen LogP contribution in [0.3, 0.4) is 0 Å². The van der Waals surface area contributed by atoms with Crippen LogP contribution in [0.4, 0.5) is 4.39 Å². The van der Waals surface area contributed by atoms with Gasteiger partial charge in [0.05, 0.1) is 12.7 Å². The highest BCUT2D eigenvalue weighted by molar-refractivity contribution is 7.15. The summed E-state index contributed by atoms with van der Waals surface area (Å²) in [6.45, 7) is 5.01. The minimum Gasteiger partial charge on any atom is -0.496 e. The van der Waals surface area contributed by atoms with Crippen LogP contribution in [0.1, 0.15) is 24.8 Å². The average molecular weight is 280 g/mol. The van der Waals surface area contributed by atoms with Crippen LogP contribution in [-0.2, 0) is 0 Å². The van der Waals surface area contributed by atoms with Gasteiger partial charge < -0.3 is 10.1 Å². The zero-order chi connectivity index (χ0) is 13.8. The van der Waals surface area contributed by atoms with Crippen molar-refractivity contribution in [2.75, 3.05) is 13.7 Å². The number of nitrogens with zero attached hydrogens (tertiary/aromatic N) is 1. The number of halogens is 1. The van der Waals surface area contributed by atoms with Crippen molar-refractivity contribution >= 4 is 11.3 Å². The summed E-state index contributed by atoms with van der Waals surface area (Å²) in [5.74, 6) is 0.202. The van der Waals surface area contributed by atoms with Gasteiger partial charge in [0.1, 0.15) is 16.6 Å². The number of aromatic nitrogens is 1. The lowest BCUT2D eigenvalue weighted by molar-refractivity contribution is 0.413. The van der Waals surface area contributed by atoms with E-state index in [4.69, 9.17) is 4.74 Å². The number of nitrogens with one attached hydrogen (secondary N) is 1. The van der Waals surface area contributed by atoms with E-state index in [1.54, 1.807) is 18.3 Å². The molecule has 0 bridgehead atoms. The molecule has 1 unspecified atom stereocenters. The second-order valence-corrected chi connectivity index (χ2v) is 5.23. The van der Waals surface area contributed by atoms with Crippen molar-refractivity contribution in [3.63, 3.8) is 0 Å². The highest BCUT2D eigenvalue weighted by Gasteiger charge is 2.16. The van der Waals surface area contributed by atoms with Crippen molar-refractivity contribution in [1.29, 1.82) is 0 Å². The van der Waals surface area contributed by atoms with Crippen molar-refractivity contribution in [2.45, 2.75) is 19.9 Å². The molecule has 0 spiro atoms. The molecule has 3 nitrogen and oxygen atoms in total. The summed E-state index contributed by atoms with van der Waals surface area (Å²) in [6.07, 6.45) is 1.79. The summed E-state index contributed by atoms with van der Waals surface area (Å²) >= 11 is 1.48. The fourth-order valence-electron chi connectivity index (χ4n) is 1.89. The first-order valence-corrected chi connectivity index (χ1v) is 7.01. The monoisotopic (exact) mass is 280 g/mol. The van der Waals surface area contributed by atoms with Gasteiger partial charge in [0.15, 0.2) is 0 Å². The number of benzene rings is 1. The molecule has 1 heterocycles. The third-order valence-electron chi connectivity index (χ3n) is 2.87. The summed E-state index contributed by atoms with van der Waals surface area (Å²) in [4.78, 5) is 5.40. The third-order valence-corrected chi connectivity index (χ3v) is 4.07. The number of ether oxygens (including phenoxy) is 1. The second kappa shape index (κ2) is 6.12. The van der Waals surface area contributed by atoms with Crippen LogP contribution in [0, 0.1) is 5.82 Å². The molecule has 1 N–H and O–H groups in total. The molecule has 5 heteroatoms. The Balaban J connectivity index is 2.38. The highest BCUT2D eigenvalue weighted by Crippen LogP contribution is 2.36. The molecule has 0 radical (unpaired) electrons. The predicted molar refractivity (Wildman–Crippen MR) is 76.2 cm³/mol. The minimum atomic E-state index is -0.309. The standard InChI is InChI=1S/C14H17FN2OS/c1-4-16-9(2)12-8-17-14(19-12)13-10(15)6-5-7-11(13)18-3/h5-9,16H,4H2,1-3H3. The molecular weight excluding hydrogens is 263 g/mol. The van der Waals surface area contributed by atoms with E-state index in [1.165, 1.54) is 24.5 Å². The summed E-state index contributed by atoms with van der Waals surface area (Å²) in [5.41, 5.74) is 0.435. The first-order chi connectivity index (χ1) is 9.17. The molecule has 0 aliphatic rings. The van der Waals surface area contributed by atoms with Crippen LogP contribution in [-0.4, -0.2) is 18.6 Å². The maximum Gasteiger partial charge on any atom is 0.137 e. The van der Waals surface area contributed by atoms with Gasteiger partial charge in [-0.25, -0.2) is 9.37 Å². The van der Waals surface area contributed by atoms with Crippen molar-refractivity contribution in [2.24, 2.45) is 0 Å². The Labute approximate surface area is 116 Å². The number of thiazole rings is 1. The SMILES string of the molecule is CCNC(C)c1cnc(-c2c(F)cccc2OC)s1. The van der Waals surface area contributed by atoms with Gasteiger partial charge in [-0.2, -0.15) is 0 Å². The number of hydrogen-bond acceptors (Lipinski definition) is 4. The molecular formula is C14H17FN2OS. The van der Waals surface area contributed by atoms with Crippen molar-refractivity contribution in [3.05, 3.63) is 35.1 Å². The molecule has 102 valence electrons. The Morgan fingerprint density at radius 1 is 1.47 bits per heavy atom. The van der Waals surface area contributed by atoms with Crippen LogP contribution in [0.2, 0.25) is 0 Å². The van der Waals surface area contributed by atoms with Gasteiger partial charge in [-0.3, -0.25) is 0 Å². The Morgan fingerprint density at radius 2 is 2.26 bits per heavy atom. The maximum atomic E-state index is 14.0. The molecule has 2 rings (SSSR count). The average Bonchev–Trinajstić information content (AvgIpc) is 2.88. The lowest BCUT2D eigenvalue weighted by Gasteiger charge is -2.09. The first kappa shape index (κ1) is 14.0. The summed E-state index contributed by atoms with van der Waals surface area (Å²) in [7, 11) is 1.54. The summed E-state index contributed by atoms with van der Waals surface area (Å²) < 4.78 is 19.2. The molecule has 0 saturated heterocycles. The highest BCUT2D eigenvalue weighted by atomic mass is 32.1. The lowest BCUT2D eigenvalue weighted by Crippen LogP contribution is -2.16. The molecule has 1 aromatic heterocycles. The van der Waals surface area contributed by atoms with Crippen molar-refractivity contribution < 1.29 is 9.13 Å². The maximum absolute atomic E-state index is 14.0. The van der Waals surface area contributed by atoms with Gasteiger partial charge >= 0.3 is 0 Å². The molecule has 0 amide bonds. The smallest absolute Gasteiger partial charge is 0.137 e. The first-order valence-electron chi connectivity index (χ1n) is 6.19. The summed E-state index contributed by atoms with van der Waals surface area (Å²) in [5, 5.41) is 3.96. The predicted octanol–water partition coefficient (Wildman–Crippen LogP) is 3.63. The van der Waals surface area contributed by atoms with Gasteiger partial charge in [0.2, 0.25) is 0 Å². The molecule has 0 saturated carbocycles. The van der Waals surface area contributed by atoms with E-state index in [-0.39, 0.29) is 11.9 Å². The molecule has 1 aromatic carbocycles. The Morgan fingerprint density at radius 3 is 2.95 bits per heavy atom. The largest absolute Gasteiger partial charge is 0.496 e. The van der Waals surface area contributed by atoms with Crippen LogP contribution >= 0.6 is 11.3 Å².